The Morgan fingerprint density at radius 1 is 1.21 bits per heavy atom. The fraction of sp³-hybridized carbons (Fsp3) is 0.188. The Morgan fingerprint density at radius 3 is 2.42 bits per heavy atom. The van der Waals surface area contributed by atoms with Crippen molar-refractivity contribution in [3.05, 3.63) is 47.4 Å². The molecule has 0 bridgehead atoms. The van der Waals surface area contributed by atoms with E-state index in [0.29, 0.717) is 35.2 Å². The summed E-state index contributed by atoms with van der Waals surface area (Å²) in [7, 11) is -3.55. The number of hydrogen-bond donors (Lipinski definition) is 1. The zero-order chi connectivity index (χ0) is 17.7. The van der Waals surface area contributed by atoms with Gasteiger partial charge in [-0.2, -0.15) is 0 Å². The summed E-state index contributed by atoms with van der Waals surface area (Å²) < 4.78 is 38.3. The van der Waals surface area contributed by atoms with Crippen LogP contribution in [0.4, 0.5) is 10.3 Å². The highest BCUT2D eigenvalue weighted by Gasteiger charge is 2.15. The van der Waals surface area contributed by atoms with Gasteiger partial charge in [-0.05, 0) is 42.8 Å². The number of rotatable bonds is 6. The highest BCUT2D eigenvalue weighted by Crippen LogP contribution is 2.27. The molecule has 1 aromatic carbocycles. The normalized spacial score (nSPS) is 11.6. The number of hydrogen-bond acceptors (Lipinski definition) is 5. The summed E-state index contributed by atoms with van der Waals surface area (Å²) in [4.78, 5) is 19.1. The topological polar surface area (TPSA) is 89.0 Å². The Kier molecular flexibility index (Phi) is 5.40. The predicted octanol–water partition coefficient (Wildman–Crippen LogP) is 2.43. The Bertz CT molecular complexity index is 878. The van der Waals surface area contributed by atoms with Crippen molar-refractivity contribution in [2.24, 2.45) is 0 Å². The van der Waals surface area contributed by atoms with Gasteiger partial charge in [0.25, 0.3) is 0 Å². The third-order valence-electron chi connectivity index (χ3n) is 3.10. The van der Waals surface area contributed by atoms with E-state index in [0.717, 1.165) is 6.26 Å². The van der Waals surface area contributed by atoms with Crippen molar-refractivity contribution in [2.45, 2.75) is 13.3 Å². The van der Waals surface area contributed by atoms with Crippen molar-refractivity contribution in [2.75, 3.05) is 11.0 Å². The zero-order valence-corrected chi connectivity index (χ0v) is 14.0. The maximum Gasteiger partial charge on any atom is 0.237 e. The van der Waals surface area contributed by atoms with Gasteiger partial charge in [0.15, 0.2) is 0 Å². The van der Waals surface area contributed by atoms with Gasteiger partial charge in [0.05, 0.1) is 17.6 Å². The average Bonchev–Trinajstić information content (AvgIpc) is 2.52. The van der Waals surface area contributed by atoms with Crippen molar-refractivity contribution in [3.63, 3.8) is 0 Å². The van der Waals surface area contributed by atoms with E-state index >= 15 is 0 Å². The molecule has 0 radical (unpaired) electrons. The molecule has 0 saturated carbocycles. The maximum absolute atomic E-state index is 13.2. The number of nitrogens with one attached hydrogen (secondary N) is 1. The monoisotopic (exact) mass is 349 g/mol. The fourth-order valence-corrected chi connectivity index (χ4v) is 2.56. The zero-order valence-electron chi connectivity index (χ0n) is 13.2. The summed E-state index contributed by atoms with van der Waals surface area (Å²) in [6.07, 6.45) is 4.97. The van der Waals surface area contributed by atoms with Crippen molar-refractivity contribution >= 4 is 28.3 Å². The van der Waals surface area contributed by atoms with Crippen LogP contribution in [0, 0.1) is 5.82 Å². The number of aromatic nitrogens is 2. The molecule has 0 unspecified atom stereocenters. The first kappa shape index (κ1) is 17.7. The van der Waals surface area contributed by atoms with Crippen LogP contribution in [0.15, 0.2) is 30.3 Å². The quantitative estimate of drug-likeness (QED) is 0.639. The molecule has 1 heterocycles. The SMILES string of the molecule is CCc1nc(NS(C)(=O)=O)nc(-c2ccc(F)cc2)c1/C=C/C=O. The largest absolute Gasteiger partial charge is 0.299 e. The second kappa shape index (κ2) is 7.31. The Hall–Kier alpha value is -2.61. The third-order valence-corrected chi connectivity index (χ3v) is 3.65. The van der Waals surface area contributed by atoms with Gasteiger partial charge in [-0.25, -0.2) is 22.8 Å². The Balaban J connectivity index is 2.70. The molecule has 0 aliphatic heterocycles. The number of nitrogens with zero attached hydrogens (tertiary/aromatic N) is 2. The van der Waals surface area contributed by atoms with Gasteiger partial charge in [-0.1, -0.05) is 6.92 Å². The smallest absolute Gasteiger partial charge is 0.237 e. The number of carbonyl (C=O) groups is 1. The molecule has 0 amide bonds. The molecular weight excluding hydrogens is 333 g/mol. The number of allylic oxidation sites excluding steroid dienone is 1. The summed E-state index contributed by atoms with van der Waals surface area (Å²) in [5, 5.41) is 0. The summed E-state index contributed by atoms with van der Waals surface area (Å²) in [5.41, 5.74) is 2.13. The lowest BCUT2D eigenvalue weighted by molar-refractivity contribution is -0.104. The number of carbonyl (C=O) groups excluding carboxylic acids is 1. The molecule has 126 valence electrons. The van der Waals surface area contributed by atoms with Crippen molar-refractivity contribution in [1.29, 1.82) is 0 Å². The van der Waals surface area contributed by atoms with E-state index in [9.17, 15) is 17.6 Å². The molecule has 8 heteroatoms. The first-order valence-corrected chi connectivity index (χ1v) is 8.99. The summed E-state index contributed by atoms with van der Waals surface area (Å²) in [6, 6.07) is 5.61. The molecule has 0 spiro atoms. The van der Waals surface area contributed by atoms with Gasteiger partial charge in [0, 0.05) is 11.1 Å². The van der Waals surface area contributed by atoms with Crippen LogP contribution in [0.3, 0.4) is 0 Å². The summed E-state index contributed by atoms with van der Waals surface area (Å²) >= 11 is 0. The van der Waals surface area contributed by atoms with E-state index in [-0.39, 0.29) is 5.95 Å². The number of aryl methyl sites for hydroxylation is 1. The van der Waals surface area contributed by atoms with E-state index in [2.05, 4.69) is 14.7 Å². The van der Waals surface area contributed by atoms with E-state index in [1.807, 2.05) is 6.92 Å². The second-order valence-corrected chi connectivity index (χ2v) is 6.73. The van der Waals surface area contributed by atoms with E-state index in [4.69, 9.17) is 0 Å². The van der Waals surface area contributed by atoms with Gasteiger partial charge in [-0.3, -0.25) is 9.52 Å². The van der Waals surface area contributed by atoms with Crippen LogP contribution in [-0.2, 0) is 21.2 Å². The minimum absolute atomic E-state index is 0.0723. The average molecular weight is 349 g/mol. The lowest BCUT2D eigenvalue weighted by atomic mass is 10.0. The van der Waals surface area contributed by atoms with Gasteiger partial charge in [0.1, 0.15) is 12.1 Å². The van der Waals surface area contributed by atoms with Crippen LogP contribution in [0.25, 0.3) is 17.3 Å². The first-order chi connectivity index (χ1) is 11.3. The van der Waals surface area contributed by atoms with Gasteiger partial charge < -0.3 is 0 Å². The number of halogens is 1. The molecule has 2 rings (SSSR count). The molecule has 0 fully saturated rings. The molecule has 0 saturated heterocycles. The molecule has 0 aliphatic rings. The molecule has 24 heavy (non-hydrogen) atoms. The number of anilines is 1. The molecule has 0 atom stereocenters. The number of aldehydes is 1. The second-order valence-electron chi connectivity index (χ2n) is 4.99. The number of benzene rings is 1. The van der Waals surface area contributed by atoms with E-state index < -0.39 is 15.8 Å². The van der Waals surface area contributed by atoms with Crippen molar-refractivity contribution in [1.82, 2.24) is 9.97 Å². The first-order valence-electron chi connectivity index (χ1n) is 7.10. The molecule has 6 nitrogen and oxygen atoms in total. The van der Waals surface area contributed by atoms with Crippen LogP contribution < -0.4 is 4.72 Å². The van der Waals surface area contributed by atoms with Crippen LogP contribution in [0.5, 0.6) is 0 Å². The van der Waals surface area contributed by atoms with Crippen LogP contribution in [0.2, 0.25) is 0 Å². The Labute approximate surface area is 139 Å². The van der Waals surface area contributed by atoms with E-state index in [1.165, 1.54) is 30.3 Å². The molecule has 0 aliphatic carbocycles. The van der Waals surface area contributed by atoms with Crippen LogP contribution in [-0.4, -0.2) is 30.9 Å². The van der Waals surface area contributed by atoms with Crippen LogP contribution >= 0.6 is 0 Å². The lowest BCUT2D eigenvalue weighted by Gasteiger charge is -2.13. The highest BCUT2D eigenvalue weighted by atomic mass is 32.2. The predicted molar refractivity (Wildman–Crippen MR) is 90.4 cm³/mol. The Morgan fingerprint density at radius 2 is 1.88 bits per heavy atom. The summed E-state index contributed by atoms with van der Waals surface area (Å²) in [6.45, 7) is 1.85. The summed E-state index contributed by atoms with van der Waals surface area (Å²) in [5.74, 6) is -0.472. The highest BCUT2D eigenvalue weighted by molar-refractivity contribution is 7.91. The molecular formula is C16H16FN3O3S. The van der Waals surface area contributed by atoms with Gasteiger partial charge >= 0.3 is 0 Å². The van der Waals surface area contributed by atoms with Crippen LogP contribution in [0.1, 0.15) is 18.2 Å². The van der Waals surface area contributed by atoms with Crippen molar-refractivity contribution in [3.8, 4) is 11.3 Å². The third kappa shape index (κ3) is 4.45. The maximum atomic E-state index is 13.2. The molecule has 2 aromatic rings. The molecule has 1 N–H and O–H groups in total. The minimum Gasteiger partial charge on any atom is -0.299 e. The van der Waals surface area contributed by atoms with Gasteiger partial charge in [0.2, 0.25) is 16.0 Å². The van der Waals surface area contributed by atoms with E-state index in [1.54, 1.807) is 6.08 Å². The lowest BCUT2D eigenvalue weighted by Crippen LogP contribution is -2.14. The number of sulfonamides is 1. The minimum atomic E-state index is -3.55. The standard InChI is InChI=1S/C16H16FN3O3S/c1-3-14-13(5-4-10-21)15(11-6-8-12(17)9-7-11)19-16(18-14)20-24(2,22)23/h4-10H,3H2,1-2H3,(H,18,19,20)/b5-4+. The van der Waals surface area contributed by atoms with Gasteiger partial charge in [-0.15, -0.1) is 0 Å². The van der Waals surface area contributed by atoms with Crippen molar-refractivity contribution < 1.29 is 17.6 Å². The molecule has 1 aromatic heterocycles. The fourth-order valence-electron chi connectivity index (χ4n) is 2.14.